The molecular formula is C16H17Cl2N3O2. The number of hydrogen-bond acceptors (Lipinski definition) is 4. The lowest BCUT2D eigenvalue weighted by atomic mass is 10.1. The van der Waals surface area contributed by atoms with E-state index < -0.39 is 0 Å². The predicted octanol–water partition coefficient (Wildman–Crippen LogP) is 3.78. The fourth-order valence-electron chi connectivity index (χ4n) is 2.76. The van der Waals surface area contributed by atoms with Gasteiger partial charge in [0.1, 0.15) is 0 Å². The second-order valence-corrected chi connectivity index (χ2v) is 5.69. The molecule has 5 nitrogen and oxygen atoms in total. The monoisotopic (exact) mass is 353 g/mol. The molecule has 0 radical (unpaired) electrons. The van der Waals surface area contributed by atoms with Crippen molar-refractivity contribution in [3.05, 3.63) is 68.7 Å². The molecule has 7 heteroatoms. The summed E-state index contributed by atoms with van der Waals surface area (Å²) < 4.78 is 0. The average Bonchev–Trinajstić information content (AvgIpc) is 2.70. The molecule has 0 aromatic heterocycles. The standard InChI is InChI=1S/C16H16ClN3O2.ClH/c17-14-5-6-16(20(21)22)13(9-14)11-19-8-7-18-10-12-3-1-2-4-15(12)19;/h1-6,9,18H,7-8,10-11H2;1H. The van der Waals surface area contributed by atoms with Crippen molar-refractivity contribution in [1.82, 2.24) is 5.32 Å². The summed E-state index contributed by atoms with van der Waals surface area (Å²) in [5.74, 6) is 0. The zero-order chi connectivity index (χ0) is 15.5. The number of fused-ring (bicyclic) bond motifs is 1. The van der Waals surface area contributed by atoms with Crippen molar-refractivity contribution in [3.63, 3.8) is 0 Å². The molecule has 0 saturated heterocycles. The van der Waals surface area contributed by atoms with Gasteiger partial charge in [0.15, 0.2) is 0 Å². The highest BCUT2D eigenvalue weighted by Gasteiger charge is 2.20. The van der Waals surface area contributed by atoms with E-state index in [9.17, 15) is 10.1 Å². The Balaban J connectivity index is 0.00000192. The van der Waals surface area contributed by atoms with Crippen molar-refractivity contribution < 1.29 is 4.92 Å². The lowest BCUT2D eigenvalue weighted by Crippen LogP contribution is -2.28. The molecule has 1 aliphatic heterocycles. The van der Waals surface area contributed by atoms with Crippen LogP contribution < -0.4 is 10.2 Å². The summed E-state index contributed by atoms with van der Waals surface area (Å²) in [6.07, 6.45) is 0. The van der Waals surface area contributed by atoms with Crippen LogP contribution in [0.3, 0.4) is 0 Å². The topological polar surface area (TPSA) is 58.4 Å². The first-order valence-electron chi connectivity index (χ1n) is 7.11. The molecule has 122 valence electrons. The number of rotatable bonds is 3. The van der Waals surface area contributed by atoms with Crippen LogP contribution in [0.25, 0.3) is 0 Å². The summed E-state index contributed by atoms with van der Waals surface area (Å²) in [5, 5.41) is 15.1. The second kappa shape index (κ2) is 7.64. The highest BCUT2D eigenvalue weighted by atomic mass is 35.5. The molecule has 0 fully saturated rings. The Bertz CT molecular complexity index is 709. The quantitative estimate of drug-likeness (QED) is 0.673. The normalized spacial score (nSPS) is 13.7. The van der Waals surface area contributed by atoms with Gasteiger partial charge in [-0.15, -0.1) is 12.4 Å². The van der Waals surface area contributed by atoms with E-state index in [1.807, 2.05) is 12.1 Å². The van der Waals surface area contributed by atoms with E-state index in [4.69, 9.17) is 11.6 Å². The smallest absolute Gasteiger partial charge is 0.274 e. The molecule has 1 aliphatic rings. The average molecular weight is 354 g/mol. The summed E-state index contributed by atoms with van der Waals surface area (Å²) >= 11 is 6.02. The predicted molar refractivity (Wildman–Crippen MR) is 94.6 cm³/mol. The number of nitro groups is 1. The molecule has 0 aliphatic carbocycles. The van der Waals surface area contributed by atoms with Crippen LogP contribution in [-0.2, 0) is 13.1 Å². The third-order valence-electron chi connectivity index (χ3n) is 3.81. The molecule has 0 spiro atoms. The number of nitrogens with one attached hydrogen (secondary N) is 1. The number of nitrogens with zero attached hydrogens (tertiary/aromatic N) is 2. The largest absolute Gasteiger partial charge is 0.365 e. The van der Waals surface area contributed by atoms with Gasteiger partial charge >= 0.3 is 0 Å². The van der Waals surface area contributed by atoms with E-state index in [0.717, 1.165) is 25.3 Å². The minimum Gasteiger partial charge on any atom is -0.365 e. The van der Waals surface area contributed by atoms with Gasteiger partial charge < -0.3 is 10.2 Å². The molecule has 0 unspecified atom stereocenters. The molecule has 2 aromatic carbocycles. The van der Waals surface area contributed by atoms with Gasteiger partial charge in [-0.05, 0) is 23.8 Å². The first kappa shape index (κ1) is 17.5. The fraction of sp³-hybridized carbons (Fsp3) is 0.250. The molecule has 1 heterocycles. The molecule has 0 atom stereocenters. The summed E-state index contributed by atoms with van der Waals surface area (Å²) in [7, 11) is 0. The van der Waals surface area contributed by atoms with E-state index in [1.165, 1.54) is 11.6 Å². The fourth-order valence-corrected chi connectivity index (χ4v) is 2.95. The molecular weight excluding hydrogens is 337 g/mol. The van der Waals surface area contributed by atoms with Gasteiger partial charge in [-0.1, -0.05) is 29.8 Å². The molecule has 0 bridgehead atoms. The van der Waals surface area contributed by atoms with Crippen molar-refractivity contribution in [1.29, 1.82) is 0 Å². The van der Waals surface area contributed by atoms with Crippen molar-refractivity contribution in [2.24, 2.45) is 0 Å². The Labute approximate surface area is 145 Å². The highest BCUT2D eigenvalue weighted by molar-refractivity contribution is 6.30. The summed E-state index contributed by atoms with van der Waals surface area (Å²) in [6.45, 7) is 2.91. The van der Waals surface area contributed by atoms with Crippen molar-refractivity contribution in [2.45, 2.75) is 13.1 Å². The minimum atomic E-state index is -0.354. The first-order chi connectivity index (χ1) is 10.6. The van der Waals surface area contributed by atoms with Crippen LogP contribution in [0.5, 0.6) is 0 Å². The molecule has 0 saturated carbocycles. The summed E-state index contributed by atoms with van der Waals surface area (Å²) in [4.78, 5) is 13.0. The van der Waals surface area contributed by atoms with Gasteiger partial charge in [-0.25, -0.2) is 0 Å². The minimum absolute atomic E-state index is 0. The highest BCUT2D eigenvalue weighted by Crippen LogP contribution is 2.28. The molecule has 23 heavy (non-hydrogen) atoms. The zero-order valence-electron chi connectivity index (χ0n) is 12.4. The Morgan fingerprint density at radius 1 is 1.26 bits per heavy atom. The lowest BCUT2D eigenvalue weighted by Gasteiger charge is -2.24. The van der Waals surface area contributed by atoms with Crippen molar-refractivity contribution >= 4 is 35.4 Å². The van der Waals surface area contributed by atoms with Gasteiger partial charge in [0.25, 0.3) is 5.69 Å². The number of hydrogen-bond donors (Lipinski definition) is 1. The Hall–Kier alpha value is -1.82. The maximum Gasteiger partial charge on any atom is 0.274 e. The SMILES string of the molecule is Cl.O=[N+]([O-])c1ccc(Cl)cc1CN1CCNCc2ccccc21. The number of anilines is 1. The van der Waals surface area contributed by atoms with Crippen LogP contribution in [0, 0.1) is 10.1 Å². The number of halogens is 2. The Morgan fingerprint density at radius 2 is 2.04 bits per heavy atom. The Kier molecular flexibility index (Phi) is 5.82. The summed E-state index contributed by atoms with van der Waals surface area (Å²) in [6, 6.07) is 12.8. The molecule has 2 aromatic rings. The number of benzene rings is 2. The first-order valence-corrected chi connectivity index (χ1v) is 7.49. The Morgan fingerprint density at radius 3 is 2.83 bits per heavy atom. The second-order valence-electron chi connectivity index (χ2n) is 5.26. The van der Waals surface area contributed by atoms with Crippen molar-refractivity contribution in [3.8, 4) is 0 Å². The number of nitro benzene ring substituents is 1. The van der Waals surface area contributed by atoms with Crippen LogP contribution >= 0.6 is 24.0 Å². The molecule has 0 amide bonds. The maximum absolute atomic E-state index is 11.2. The number of para-hydroxylation sites is 1. The van der Waals surface area contributed by atoms with E-state index in [1.54, 1.807) is 12.1 Å². The lowest BCUT2D eigenvalue weighted by molar-refractivity contribution is -0.385. The third kappa shape index (κ3) is 3.93. The van der Waals surface area contributed by atoms with Crippen molar-refractivity contribution in [2.75, 3.05) is 18.0 Å². The summed E-state index contributed by atoms with van der Waals surface area (Å²) in [5.41, 5.74) is 3.06. The van der Waals surface area contributed by atoms with Gasteiger partial charge in [-0.2, -0.15) is 0 Å². The van der Waals surface area contributed by atoms with E-state index in [2.05, 4.69) is 22.3 Å². The van der Waals surface area contributed by atoms with Crippen LogP contribution in [0.4, 0.5) is 11.4 Å². The zero-order valence-corrected chi connectivity index (χ0v) is 13.9. The van der Waals surface area contributed by atoms with Gasteiger partial charge in [-0.3, -0.25) is 10.1 Å². The van der Waals surface area contributed by atoms with Crippen LogP contribution in [0.2, 0.25) is 5.02 Å². The van der Waals surface area contributed by atoms with E-state index >= 15 is 0 Å². The third-order valence-corrected chi connectivity index (χ3v) is 4.04. The van der Waals surface area contributed by atoms with E-state index in [0.29, 0.717) is 17.1 Å². The van der Waals surface area contributed by atoms with Gasteiger partial charge in [0, 0.05) is 43.0 Å². The van der Waals surface area contributed by atoms with Crippen LogP contribution in [0.1, 0.15) is 11.1 Å². The van der Waals surface area contributed by atoms with Crippen LogP contribution in [-0.4, -0.2) is 18.0 Å². The van der Waals surface area contributed by atoms with E-state index in [-0.39, 0.29) is 23.0 Å². The molecule has 1 N–H and O–H groups in total. The van der Waals surface area contributed by atoms with Gasteiger partial charge in [0.2, 0.25) is 0 Å². The van der Waals surface area contributed by atoms with Crippen LogP contribution in [0.15, 0.2) is 42.5 Å². The molecule has 3 rings (SSSR count). The van der Waals surface area contributed by atoms with Gasteiger partial charge in [0.05, 0.1) is 10.5 Å². The maximum atomic E-state index is 11.2.